The van der Waals surface area contributed by atoms with Crippen molar-refractivity contribution in [3.63, 3.8) is 0 Å². The number of rotatable bonds is 4. The zero-order valence-corrected chi connectivity index (χ0v) is 13.4. The molecule has 1 saturated heterocycles. The summed E-state index contributed by atoms with van der Waals surface area (Å²) in [5, 5.41) is 20.5. The predicted molar refractivity (Wildman–Crippen MR) is 85.4 cm³/mol. The second-order valence-electron chi connectivity index (χ2n) is 6.42. The van der Waals surface area contributed by atoms with E-state index < -0.39 is 16.9 Å². The van der Waals surface area contributed by atoms with E-state index in [0.717, 1.165) is 24.8 Å². The Morgan fingerprint density at radius 1 is 1.39 bits per heavy atom. The maximum absolute atomic E-state index is 11.6. The first kappa shape index (κ1) is 16.2. The van der Waals surface area contributed by atoms with Crippen LogP contribution in [-0.4, -0.2) is 33.0 Å². The zero-order chi connectivity index (χ0) is 16.6. The van der Waals surface area contributed by atoms with Gasteiger partial charge in [0.05, 0.1) is 4.92 Å². The molecule has 2 fully saturated rings. The number of aliphatic carboxylic acids is 1. The molecule has 1 saturated carbocycles. The molecule has 124 valence electrons. The van der Waals surface area contributed by atoms with Gasteiger partial charge in [-0.05, 0) is 36.8 Å². The summed E-state index contributed by atoms with van der Waals surface area (Å²) in [5.41, 5.74) is 0.695. The summed E-state index contributed by atoms with van der Waals surface area (Å²) in [4.78, 5) is 24.0. The van der Waals surface area contributed by atoms with Crippen molar-refractivity contribution in [1.29, 1.82) is 0 Å². The number of carboxylic acids is 1. The number of fused-ring (bicyclic) bond motifs is 1. The van der Waals surface area contributed by atoms with Crippen molar-refractivity contribution in [3.05, 3.63) is 38.9 Å². The molecule has 0 amide bonds. The quantitative estimate of drug-likeness (QED) is 0.671. The molecule has 0 spiro atoms. The number of hydrogen-bond acceptors (Lipinski definition) is 4. The molecule has 3 rings (SSSR count). The molecule has 3 atom stereocenters. The average molecular weight is 339 g/mol. The van der Waals surface area contributed by atoms with Gasteiger partial charge in [-0.15, -0.1) is 0 Å². The molecule has 0 aromatic heterocycles. The zero-order valence-electron chi connectivity index (χ0n) is 12.7. The maximum atomic E-state index is 11.6. The second-order valence-corrected chi connectivity index (χ2v) is 6.82. The molecule has 3 unspecified atom stereocenters. The molecule has 1 aliphatic carbocycles. The summed E-state index contributed by atoms with van der Waals surface area (Å²) in [7, 11) is 0. The van der Waals surface area contributed by atoms with E-state index in [1.807, 2.05) is 4.90 Å². The summed E-state index contributed by atoms with van der Waals surface area (Å²) >= 11 is 5.97. The van der Waals surface area contributed by atoms with Crippen LogP contribution in [0.5, 0.6) is 0 Å². The fourth-order valence-electron chi connectivity index (χ4n) is 4.03. The number of nitro benzene ring substituents is 1. The molecule has 1 aliphatic heterocycles. The lowest BCUT2D eigenvalue weighted by Crippen LogP contribution is -2.41. The Kier molecular flexibility index (Phi) is 4.55. The fourth-order valence-corrected chi connectivity index (χ4v) is 4.30. The molecule has 0 bridgehead atoms. The summed E-state index contributed by atoms with van der Waals surface area (Å²) in [6, 6.07) is 4.45. The van der Waals surface area contributed by atoms with Crippen LogP contribution in [-0.2, 0) is 11.3 Å². The number of carboxylic acid groups (broad SMARTS) is 1. The van der Waals surface area contributed by atoms with Crippen molar-refractivity contribution in [1.82, 2.24) is 4.90 Å². The molecule has 23 heavy (non-hydrogen) atoms. The van der Waals surface area contributed by atoms with Gasteiger partial charge in [-0.3, -0.25) is 19.8 Å². The van der Waals surface area contributed by atoms with E-state index in [2.05, 4.69) is 0 Å². The van der Waals surface area contributed by atoms with E-state index in [-0.39, 0.29) is 10.7 Å². The van der Waals surface area contributed by atoms with Gasteiger partial charge in [0.15, 0.2) is 0 Å². The van der Waals surface area contributed by atoms with Crippen molar-refractivity contribution < 1.29 is 14.8 Å². The lowest BCUT2D eigenvalue weighted by atomic mass is 9.84. The van der Waals surface area contributed by atoms with Crippen LogP contribution in [0.3, 0.4) is 0 Å². The molecule has 1 aromatic rings. The SMILES string of the molecule is O=C(O)C1CC2CCCCC2N1Cc1ccc([N+](=O)[O-])c(Cl)c1. The van der Waals surface area contributed by atoms with Crippen LogP contribution >= 0.6 is 11.6 Å². The number of nitro groups is 1. The van der Waals surface area contributed by atoms with Crippen LogP contribution in [0.15, 0.2) is 18.2 Å². The smallest absolute Gasteiger partial charge is 0.320 e. The Morgan fingerprint density at radius 2 is 2.13 bits per heavy atom. The molecule has 1 N–H and O–H groups in total. The van der Waals surface area contributed by atoms with Gasteiger partial charge in [-0.2, -0.15) is 0 Å². The second kappa shape index (κ2) is 6.45. The average Bonchev–Trinajstić information content (AvgIpc) is 2.86. The van der Waals surface area contributed by atoms with Crippen molar-refractivity contribution >= 4 is 23.3 Å². The summed E-state index contributed by atoms with van der Waals surface area (Å²) in [5.74, 6) is -0.342. The van der Waals surface area contributed by atoms with Crippen LogP contribution in [0.25, 0.3) is 0 Å². The minimum atomic E-state index is -0.785. The summed E-state index contributed by atoms with van der Waals surface area (Å²) in [6.07, 6.45) is 5.11. The van der Waals surface area contributed by atoms with Crippen molar-refractivity contribution in [2.45, 2.75) is 50.7 Å². The van der Waals surface area contributed by atoms with E-state index in [9.17, 15) is 20.0 Å². The van der Waals surface area contributed by atoms with Gasteiger partial charge < -0.3 is 5.11 Å². The minimum Gasteiger partial charge on any atom is -0.480 e. The van der Waals surface area contributed by atoms with Gasteiger partial charge in [0.1, 0.15) is 11.1 Å². The molecule has 0 radical (unpaired) electrons. The Balaban J connectivity index is 1.83. The van der Waals surface area contributed by atoms with Gasteiger partial charge in [-0.25, -0.2) is 0 Å². The Bertz CT molecular complexity index is 637. The van der Waals surface area contributed by atoms with Gasteiger partial charge in [0.25, 0.3) is 5.69 Å². The normalized spacial score (nSPS) is 27.6. The largest absolute Gasteiger partial charge is 0.480 e. The number of nitrogens with zero attached hydrogens (tertiary/aromatic N) is 2. The molecular weight excluding hydrogens is 320 g/mol. The van der Waals surface area contributed by atoms with Crippen LogP contribution in [0.2, 0.25) is 5.02 Å². The van der Waals surface area contributed by atoms with Crippen LogP contribution in [0, 0.1) is 16.0 Å². The first-order chi connectivity index (χ1) is 11.0. The van der Waals surface area contributed by atoms with E-state index >= 15 is 0 Å². The first-order valence-electron chi connectivity index (χ1n) is 7.88. The standard InChI is InChI=1S/C16H19ClN2O4/c17-12-7-10(5-6-14(12)19(22)23)9-18-13-4-2-1-3-11(13)8-15(18)16(20)21/h5-7,11,13,15H,1-4,8-9H2,(H,20,21). The van der Waals surface area contributed by atoms with E-state index in [4.69, 9.17) is 11.6 Å². The van der Waals surface area contributed by atoms with Gasteiger partial charge in [0.2, 0.25) is 0 Å². The number of halogens is 1. The minimum absolute atomic E-state index is 0.0961. The Hall–Kier alpha value is -1.66. The molecule has 1 heterocycles. The molecular formula is C16H19ClN2O4. The molecule has 1 aromatic carbocycles. The lowest BCUT2D eigenvalue weighted by Gasteiger charge is -2.33. The van der Waals surface area contributed by atoms with E-state index in [1.54, 1.807) is 12.1 Å². The van der Waals surface area contributed by atoms with Gasteiger partial charge >= 0.3 is 5.97 Å². The molecule has 2 aliphatic rings. The maximum Gasteiger partial charge on any atom is 0.320 e. The third-order valence-electron chi connectivity index (χ3n) is 5.08. The third-order valence-corrected chi connectivity index (χ3v) is 5.38. The van der Waals surface area contributed by atoms with Crippen LogP contribution in [0.4, 0.5) is 5.69 Å². The van der Waals surface area contributed by atoms with Crippen molar-refractivity contribution in [2.75, 3.05) is 0 Å². The van der Waals surface area contributed by atoms with Crippen molar-refractivity contribution in [2.24, 2.45) is 5.92 Å². The summed E-state index contributed by atoms with van der Waals surface area (Å²) in [6.45, 7) is 0.468. The highest BCUT2D eigenvalue weighted by Crippen LogP contribution is 2.40. The highest BCUT2D eigenvalue weighted by molar-refractivity contribution is 6.32. The summed E-state index contributed by atoms with van der Waals surface area (Å²) < 4.78 is 0. The Morgan fingerprint density at radius 3 is 2.78 bits per heavy atom. The number of carbonyl (C=O) groups is 1. The highest BCUT2D eigenvalue weighted by atomic mass is 35.5. The van der Waals surface area contributed by atoms with Gasteiger partial charge in [0, 0.05) is 18.7 Å². The van der Waals surface area contributed by atoms with Gasteiger partial charge in [-0.1, -0.05) is 30.5 Å². The number of benzene rings is 1. The topological polar surface area (TPSA) is 83.7 Å². The van der Waals surface area contributed by atoms with Crippen molar-refractivity contribution in [3.8, 4) is 0 Å². The molecule has 7 heteroatoms. The highest BCUT2D eigenvalue weighted by Gasteiger charge is 2.45. The fraction of sp³-hybridized carbons (Fsp3) is 0.562. The Labute approximate surface area is 139 Å². The van der Waals surface area contributed by atoms with Crippen LogP contribution in [0.1, 0.15) is 37.7 Å². The lowest BCUT2D eigenvalue weighted by molar-refractivity contribution is -0.384. The number of hydrogen-bond donors (Lipinski definition) is 1. The van der Waals surface area contributed by atoms with Crippen LogP contribution < -0.4 is 0 Å². The third kappa shape index (κ3) is 3.19. The first-order valence-corrected chi connectivity index (χ1v) is 8.26. The van der Waals surface area contributed by atoms with E-state index in [0.29, 0.717) is 24.9 Å². The predicted octanol–water partition coefficient (Wildman–Crippen LogP) is 3.47. The monoisotopic (exact) mass is 338 g/mol. The number of likely N-dealkylation sites (tertiary alicyclic amines) is 1. The molecule has 6 nitrogen and oxygen atoms in total. The van der Waals surface area contributed by atoms with E-state index in [1.165, 1.54) is 12.5 Å².